The quantitative estimate of drug-likeness (QED) is 0.507. The third-order valence-electron chi connectivity index (χ3n) is 4.55. The first-order valence-corrected chi connectivity index (χ1v) is 9.86. The normalized spacial score (nSPS) is 10.5. The van der Waals surface area contributed by atoms with Gasteiger partial charge in [0, 0.05) is 30.1 Å². The maximum Gasteiger partial charge on any atom is 0.221 e. The number of nitrogens with one attached hydrogen (secondary N) is 3. The van der Waals surface area contributed by atoms with Crippen molar-refractivity contribution in [2.45, 2.75) is 40.5 Å². The number of hydrogen-bond donors (Lipinski definition) is 3. The third kappa shape index (κ3) is 5.31. The van der Waals surface area contributed by atoms with Gasteiger partial charge in [-0.25, -0.2) is 9.97 Å². The van der Waals surface area contributed by atoms with Crippen LogP contribution < -0.4 is 16.0 Å². The molecule has 0 fully saturated rings. The minimum atomic E-state index is -0.104. The lowest BCUT2D eigenvalue weighted by molar-refractivity contribution is -0.114. The number of nitrogens with zero attached hydrogens (tertiary/aromatic N) is 2. The van der Waals surface area contributed by atoms with Crippen LogP contribution in [0.4, 0.5) is 28.7 Å². The highest BCUT2D eigenvalue weighted by Gasteiger charge is 2.09. The summed E-state index contributed by atoms with van der Waals surface area (Å²) in [4.78, 5) is 20.3. The predicted molar refractivity (Wildman–Crippen MR) is 119 cm³/mol. The van der Waals surface area contributed by atoms with Gasteiger partial charge in [-0.1, -0.05) is 38.1 Å². The molecule has 3 aromatic rings. The van der Waals surface area contributed by atoms with Crippen molar-refractivity contribution in [2.75, 3.05) is 16.0 Å². The Morgan fingerprint density at radius 3 is 2.07 bits per heavy atom. The first-order valence-electron chi connectivity index (χ1n) is 9.86. The topological polar surface area (TPSA) is 78.9 Å². The number of carbonyl (C=O) groups excluding carboxylic acids is 1. The molecule has 6 nitrogen and oxygen atoms in total. The van der Waals surface area contributed by atoms with Gasteiger partial charge >= 0.3 is 0 Å². The number of amides is 1. The lowest BCUT2D eigenvalue weighted by Gasteiger charge is -2.16. The maximum absolute atomic E-state index is 11.3. The van der Waals surface area contributed by atoms with Gasteiger partial charge in [0.2, 0.25) is 5.91 Å². The van der Waals surface area contributed by atoms with Crippen LogP contribution in [-0.4, -0.2) is 15.9 Å². The Labute approximate surface area is 171 Å². The molecule has 29 heavy (non-hydrogen) atoms. The molecule has 0 saturated heterocycles. The van der Waals surface area contributed by atoms with Crippen molar-refractivity contribution in [3.63, 3.8) is 0 Å². The zero-order chi connectivity index (χ0) is 20.8. The van der Waals surface area contributed by atoms with E-state index in [1.54, 1.807) is 0 Å². The van der Waals surface area contributed by atoms with E-state index < -0.39 is 0 Å². The van der Waals surface area contributed by atoms with Gasteiger partial charge in [-0.2, -0.15) is 0 Å². The second-order valence-corrected chi connectivity index (χ2v) is 6.86. The fourth-order valence-electron chi connectivity index (χ4n) is 3.25. The van der Waals surface area contributed by atoms with Gasteiger partial charge in [-0.3, -0.25) is 4.79 Å². The molecule has 3 N–H and O–H groups in total. The lowest BCUT2D eigenvalue weighted by atomic mass is 10.0. The van der Waals surface area contributed by atoms with Crippen LogP contribution in [0, 0.1) is 6.92 Å². The van der Waals surface area contributed by atoms with Crippen molar-refractivity contribution in [1.82, 2.24) is 9.97 Å². The number of benzene rings is 2. The zero-order valence-electron chi connectivity index (χ0n) is 17.3. The highest BCUT2D eigenvalue weighted by Crippen LogP contribution is 2.27. The number of rotatable bonds is 7. The molecule has 0 aliphatic rings. The molecule has 0 aliphatic heterocycles. The van der Waals surface area contributed by atoms with Gasteiger partial charge in [-0.05, 0) is 49.1 Å². The number of carbonyl (C=O) groups is 1. The van der Waals surface area contributed by atoms with Gasteiger partial charge in [0.25, 0.3) is 0 Å². The van der Waals surface area contributed by atoms with Crippen molar-refractivity contribution in [1.29, 1.82) is 0 Å². The molecular formula is C23H27N5O. The van der Waals surface area contributed by atoms with Crippen molar-refractivity contribution in [3.8, 4) is 0 Å². The second-order valence-electron chi connectivity index (χ2n) is 6.86. The Bertz CT molecular complexity index is 994. The number of aromatic nitrogens is 2. The maximum atomic E-state index is 11.3. The molecule has 0 unspecified atom stereocenters. The Morgan fingerprint density at radius 1 is 0.862 bits per heavy atom. The fraction of sp³-hybridized carbons (Fsp3) is 0.261. The second kappa shape index (κ2) is 9.19. The summed E-state index contributed by atoms with van der Waals surface area (Å²) in [6.07, 6.45) is 1.89. The van der Waals surface area contributed by atoms with E-state index in [-0.39, 0.29) is 5.91 Å². The van der Waals surface area contributed by atoms with Gasteiger partial charge < -0.3 is 16.0 Å². The van der Waals surface area contributed by atoms with E-state index >= 15 is 0 Å². The number of aryl methyl sites for hydroxylation is 3. The first-order chi connectivity index (χ1) is 14.0. The van der Waals surface area contributed by atoms with Crippen molar-refractivity contribution in [2.24, 2.45) is 0 Å². The Morgan fingerprint density at radius 2 is 1.45 bits per heavy atom. The average molecular weight is 390 g/mol. The van der Waals surface area contributed by atoms with Gasteiger partial charge in [0.15, 0.2) is 0 Å². The number of anilines is 5. The van der Waals surface area contributed by atoms with Crippen LogP contribution in [0.1, 0.15) is 37.7 Å². The largest absolute Gasteiger partial charge is 0.340 e. The fourth-order valence-corrected chi connectivity index (χ4v) is 3.25. The minimum absolute atomic E-state index is 0.104. The number of para-hydroxylation sites is 1. The van der Waals surface area contributed by atoms with Gasteiger partial charge in [0.1, 0.15) is 17.5 Å². The van der Waals surface area contributed by atoms with E-state index in [4.69, 9.17) is 0 Å². The molecule has 0 spiro atoms. The summed E-state index contributed by atoms with van der Waals surface area (Å²) in [5, 5.41) is 9.59. The first kappa shape index (κ1) is 20.3. The van der Waals surface area contributed by atoms with Crippen LogP contribution in [0.3, 0.4) is 0 Å². The van der Waals surface area contributed by atoms with E-state index in [2.05, 4.69) is 58.0 Å². The van der Waals surface area contributed by atoms with Crippen LogP contribution in [0.25, 0.3) is 0 Å². The molecular weight excluding hydrogens is 362 g/mol. The third-order valence-corrected chi connectivity index (χ3v) is 4.55. The molecule has 2 aromatic carbocycles. The Kier molecular flexibility index (Phi) is 6.44. The molecule has 6 heteroatoms. The summed E-state index contributed by atoms with van der Waals surface area (Å²) in [5.74, 6) is 2.00. The van der Waals surface area contributed by atoms with Crippen LogP contribution in [0.15, 0.2) is 48.5 Å². The molecule has 0 radical (unpaired) electrons. The predicted octanol–water partition coefficient (Wildman–Crippen LogP) is 5.36. The van der Waals surface area contributed by atoms with E-state index in [0.29, 0.717) is 11.6 Å². The van der Waals surface area contributed by atoms with E-state index in [1.165, 1.54) is 18.1 Å². The van der Waals surface area contributed by atoms with E-state index in [0.717, 1.165) is 35.7 Å². The summed E-state index contributed by atoms with van der Waals surface area (Å²) in [6, 6.07) is 15.8. The summed E-state index contributed by atoms with van der Waals surface area (Å²) in [5.41, 5.74) is 5.21. The Hall–Kier alpha value is -3.41. The molecule has 0 aliphatic carbocycles. The highest BCUT2D eigenvalue weighted by atomic mass is 16.1. The number of hydrogen-bond acceptors (Lipinski definition) is 5. The molecule has 1 aromatic heterocycles. The van der Waals surface area contributed by atoms with E-state index in [1.807, 2.05) is 37.3 Å². The molecule has 0 saturated carbocycles. The van der Waals surface area contributed by atoms with Crippen LogP contribution in [-0.2, 0) is 17.6 Å². The highest BCUT2D eigenvalue weighted by molar-refractivity contribution is 5.89. The molecule has 1 amide bonds. The molecule has 0 atom stereocenters. The summed E-state index contributed by atoms with van der Waals surface area (Å²) in [6.45, 7) is 7.67. The van der Waals surface area contributed by atoms with Crippen LogP contribution in [0.5, 0.6) is 0 Å². The van der Waals surface area contributed by atoms with Crippen molar-refractivity contribution >= 4 is 34.6 Å². The van der Waals surface area contributed by atoms with Gasteiger partial charge in [0.05, 0.1) is 0 Å². The summed E-state index contributed by atoms with van der Waals surface area (Å²) >= 11 is 0. The molecule has 0 bridgehead atoms. The molecule has 1 heterocycles. The SMILES string of the molecule is CCc1cccc(CC)c1Nc1cc(Nc2cccc(NC(C)=O)c2)nc(C)n1. The lowest BCUT2D eigenvalue weighted by Crippen LogP contribution is -2.06. The molecule has 150 valence electrons. The standard InChI is InChI=1S/C23H27N5O/c1-5-17-9-7-10-18(6-2)23(17)28-22-14-21(24-15(3)25-22)27-20-12-8-11-19(13-20)26-16(4)29/h7-14H,5-6H2,1-4H3,(H,26,29)(H2,24,25,27,28). The van der Waals surface area contributed by atoms with Crippen molar-refractivity contribution < 1.29 is 4.79 Å². The van der Waals surface area contributed by atoms with Crippen molar-refractivity contribution in [3.05, 3.63) is 65.5 Å². The van der Waals surface area contributed by atoms with Gasteiger partial charge in [-0.15, -0.1) is 0 Å². The monoisotopic (exact) mass is 389 g/mol. The minimum Gasteiger partial charge on any atom is -0.340 e. The van der Waals surface area contributed by atoms with Crippen LogP contribution >= 0.6 is 0 Å². The summed E-state index contributed by atoms with van der Waals surface area (Å²) in [7, 11) is 0. The van der Waals surface area contributed by atoms with Crippen LogP contribution in [0.2, 0.25) is 0 Å². The average Bonchev–Trinajstić information content (AvgIpc) is 2.67. The smallest absolute Gasteiger partial charge is 0.221 e. The Balaban J connectivity index is 1.87. The zero-order valence-corrected chi connectivity index (χ0v) is 17.3. The van der Waals surface area contributed by atoms with E-state index in [9.17, 15) is 4.79 Å². The molecule has 3 rings (SSSR count). The summed E-state index contributed by atoms with van der Waals surface area (Å²) < 4.78 is 0.